The number of hydrogen-bond donors (Lipinski definition) is 1. The highest BCUT2D eigenvalue weighted by atomic mass is 16.6. The minimum Gasteiger partial charge on any atom is -0.497 e. The Balaban J connectivity index is 2.15. The number of methoxy groups -OCH3 is 1. The largest absolute Gasteiger partial charge is 0.497 e. The van der Waals surface area contributed by atoms with Gasteiger partial charge in [-0.3, -0.25) is 14.4 Å². The molecule has 0 heterocycles. The maximum absolute atomic E-state index is 13.8. The van der Waals surface area contributed by atoms with Crippen molar-refractivity contribution in [1.82, 2.24) is 5.32 Å². The smallest absolute Gasteiger partial charge is 0.309 e. The highest BCUT2D eigenvalue weighted by Gasteiger charge is 2.45. The molecular formula is C31H47NO7. The SMILES string of the molecule is C=CCOC(=O)CC(COCc1cccc(OC)c1)NC(=O)C1(CC(CCC)C(=O)OC(C)(C)C)CCCC1. The summed E-state index contributed by atoms with van der Waals surface area (Å²) in [7, 11) is 1.60. The van der Waals surface area contributed by atoms with Gasteiger partial charge in [-0.15, -0.1) is 0 Å². The minimum absolute atomic E-state index is 0.0295. The van der Waals surface area contributed by atoms with E-state index in [0.717, 1.165) is 30.6 Å². The Bertz CT molecular complexity index is 947. The molecule has 2 atom stereocenters. The molecule has 1 aromatic carbocycles. The molecule has 8 heteroatoms. The molecule has 0 aliphatic heterocycles. The molecule has 0 bridgehead atoms. The van der Waals surface area contributed by atoms with Crippen molar-refractivity contribution in [3.63, 3.8) is 0 Å². The number of esters is 2. The molecule has 0 spiro atoms. The highest BCUT2D eigenvalue weighted by molar-refractivity contribution is 5.85. The second-order valence-corrected chi connectivity index (χ2v) is 11.4. The zero-order valence-electron chi connectivity index (χ0n) is 24.4. The Labute approximate surface area is 233 Å². The number of amides is 1. The number of hydrogen-bond acceptors (Lipinski definition) is 7. The normalized spacial score (nSPS) is 16.1. The van der Waals surface area contributed by atoms with E-state index in [2.05, 4.69) is 11.9 Å². The van der Waals surface area contributed by atoms with Crippen LogP contribution in [0.4, 0.5) is 0 Å². The van der Waals surface area contributed by atoms with Crippen molar-refractivity contribution in [2.45, 2.75) is 97.3 Å². The number of carbonyl (C=O) groups is 3. The fourth-order valence-electron chi connectivity index (χ4n) is 5.07. The molecule has 1 N–H and O–H groups in total. The van der Waals surface area contributed by atoms with Crippen LogP contribution in [0.2, 0.25) is 0 Å². The average Bonchev–Trinajstić information content (AvgIpc) is 3.36. The van der Waals surface area contributed by atoms with Crippen molar-refractivity contribution in [3.8, 4) is 5.75 Å². The van der Waals surface area contributed by atoms with E-state index in [1.165, 1.54) is 6.08 Å². The predicted molar refractivity (Wildman–Crippen MR) is 150 cm³/mol. The molecule has 1 aliphatic carbocycles. The summed E-state index contributed by atoms with van der Waals surface area (Å²) in [5.41, 5.74) is -0.362. The van der Waals surface area contributed by atoms with Gasteiger partial charge in [0.25, 0.3) is 0 Å². The fourth-order valence-corrected chi connectivity index (χ4v) is 5.07. The van der Waals surface area contributed by atoms with Gasteiger partial charge in [-0.25, -0.2) is 0 Å². The summed E-state index contributed by atoms with van der Waals surface area (Å²) < 4.78 is 22.1. The molecule has 8 nitrogen and oxygen atoms in total. The lowest BCUT2D eigenvalue weighted by Gasteiger charge is -2.34. The Morgan fingerprint density at radius 2 is 1.90 bits per heavy atom. The molecule has 2 unspecified atom stereocenters. The van der Waals surface area contributed by atoms with E-state index in [-0.39, 0.29) is 37.4 Å². The first-order valence-electron chi connectivity index (χ1n) is 14.0. The molecule has 39 heavy (non-hydrogen) atoms. The minimum atomic E-state index is -0.688. The predicted octanol–water partition coefficient (Wildman–Crippen LogP) is 5.52. The van der Waals surface area contributed by atoms with Gasteiger partial charge in [0.15, 0.2) is 0 Å². The van der Waals surface area contributed by atoms with Crippen LogP contribution in [0.1, 0.15) is 84.6 Å². The molecule has 1 amide bonds. The first-order valence-corrected chi connectivity index (χ1v) is 14.0. The van der Waals surface area contributed by atoms with E-state index in [9.17, 15) is 14.4 Å². The van der Waals surface area contributed by atoms with Crippen LogP contribution in [0.15, 0.2) is 36.9 Å². The lowest BCUT2D eigenvalue weighted by atomic mass is 9.75. The van der Waals surface area contributed by atoms with Crippen LogP contribution in [0.5, 0.6) is 5.75 Å². The number of rotatable bonds is 16. The monoisotopic (exact) mass is 545 g/mol. The molecular weight excluding hydrogens is 498 g/mol. The number of nitrogens with one attached hydrogen (secondary N) is 1. The zero-order chi connectivity index (χ0) is 28.9. The Morgan fingerprint density at radius 3 is 2.51 bits per heavy atom. The maximum atomic E-state index is 13.8. The van der Waals surface area contributed by atoms with Crippen molar-refractivity contribution in [3.05, 3.63) is 42.5 Å². The van der Waals surface area contributed by atoms with E-state index in [0.29, 0.717) is 32.3 Å². The van der Waals surface area contributed by atoms with Gasteiger partial charge in [-0.1, -0.05) is 51.0 Å². The summed E-state index contributed by atoms with van der Waals surface area (Å²) >= 11 is 0. The van der Waals surface area contributed by atoms with E-state index >= 15 is 0 Å². The van der Waals surface area contributed by atoms with Crippen LogP contribution in [0, 0.1) is 11.3 Å². The van der Waals surface area contributed by atoms with Gasteiger partial charge < -0.3 is 24.3 Å². The third kappa shape index (κ3) is 11.0. The summed E-state index contributed by atoms with van der Waals surface area (Å²) in [5, 5.41) is 3.08. The van der Waals surface area contributed by atoms with Gasteiger partial charge in [-0.2, -0.15) is 0 Å². The summed E-state index contributed by atoms with van der Waals surface area (Å²) in [5.74, 6) is -0.476. The standard InChI is InChI=1S/C31H47NO7/c1-7-12-24(28(34)39-30(3,4)5)20-31(15-9-10-16-31)29(35)32-25(19-27(33)38-17-8-2)22-37-21-23-13-11-14-26(18-23)36-6/h8,11,13-14,18,24-25H,2,7,9-10,12,15-17,19-22H2,1,3-6H3,(H,32,35). The third-order valence-electron chi connectivity index (χ3n) is 6.89. The van der Waals surface area contributed by atoms with Crippen LogP contribution in [-0.4, -0.2) is 49.8 Å². The molecule has 0 radical (unpaired) electrons. The van der Waals surface area contributed by atoms with E-state index in [1.807, 2.05) is 52.0 Å². The third-order valence-corrected chi connectivity index (χ3v) is 6.89. The van der Waals surface area contributed by atoms with Crippen molar-refractivity contribution in [1.29, 1.82) is 0 Å². The quantitative estimate of drug-likeness (QED) is 0.215. The first kappa shape index (κ1) is 32.3. The highest BCUT2D eigenvalue weighted by Crippen LogP contribution is 2.45. The second kappa shape index (κ2) is 15.7. The van der Waals surface area contributed by atoms with Crippen molar-refractivity contribution >= 4 is 17.8 Å². The van der Waals surface area contributed by atoms with Gasteiger partial charge in [-0.05, 0) is 64.2 Å². The summed E-state index contributed by atoms with van der Waals surface area (Å²) in [4.78, 5) is 39.3. The van der Waals surface area contributed by atoms with Gasteiger partial charge in [0.05, 0.1) is 44.1 Å². The number of ether oxygens (including phenoxy) is 4. The van der Waals surface area contributed by atoms with Gasteiger partial charge in [0.2, 0.25) is 5.91 Å². The Kier molecular flexibility index (Phi) is 13.0. The summed E-state index contributed by atoms with van der Waals surface area (Å²) in [6.07, 6.45) is 6.60. The summed E-state index contributed by atoms with van der Waals surface area (Å²) in [6.45, 7) is 11.7. The molecule has 1 aliphatic rings. The van der Waals surface area contributed by atoms with Gasteiger partial charge in [0.1, 0.15) is 18.0 Å². The van der Waals surface area contributed by atoms with Crippen molar-refractivity contribution in [2.75, 3.05) is 20.3 Å². The molecule has 1 saturated carbocycles. The number of benzene rings is 1. The second-order valence-electron chi connectivity index (χ2n) is 11.4. The van der Waals surface area contributed by atoms with Gasteiger partial charge >= 0.3 is 11.9 Å². The Morgan fingerprint density at radius 1 is 1.18 bits per heavy atom. The summed E-state index contributed by atoms with van der Waals surface area (Å²) in [6, 6.07) is 6.96. The van der Waals surface area contributed by atoms with Crippen molar-refractivity contribution < 1.29 is 33.3 Å². The molecule has 0 aromatic heterocycles. The molecule has 1 fully saturated rings. The van der Waals surface area contributed by atoms with E-state index in [1.54, 1.807) is 7.11 Å². The van der Waals surface area contributed by atoms with Gasteiger partial charge in [0, 0.05) is 0 Å². The maximum Gasteiger partial charge on any atom is 0.309 e. The fraction of sp³-hybridized carbons (Fsp3) is 0.645. The topological polar surface area (TPSA) is 100 Å². The van der Waals surface area contributed by atoms with Crippen LogP contribution < -0.4 is 10.1 Å². The van der Waals surface area contributed by atoms with Crippen LogP contribution in [-0.2, 0) is 35.2 Å². The molecule has 2 rings (SSSR count). The molecule has 1 aromatic rings. The van der Waals surface area contributed by atoms with E-state index < -0.39 is 23.0 Å². The van der Waals surface area contributed by atoms with Crippen LogP contribution in [0.3, 0.4) is 0 Å². The lowest BCUT2D eigenvalue weighted by molar-refractivity contribution is -0.162. The van der Waals surface area contributed by atoms with E-state index in [4.69, 9.17) is 18.9 Å². The molecule has 218 valence electrons. The first-order chi connectivity index (χ1) is 18.5. The van der Waals surface area contributed by atoms with Crippen molar-refractivity contribution in [2.24, 2.45) is 11.3 Å². The molecule has 0 saturated heterocycles. The zero-order valence-corrected chi connectivity index (χ0v) is 24.4. The van der Waals surface area contributed by atoms with Crippen LogP contribution >= 0.6 is 0 Å². The Hall–Kier alpha value is -2.87. The van der Waals surface area contributed by atoms with Crippen LogP contribution in [0.25, 0.3) is 0 Å². The lowest BCUT2D eigenvalue weighted by Crippen LogP contribution is -2.48. The average molecular weight is 546 g/mol. The number of carbonyl (C=O) groups excluding carboxylic acids is 3.